The number of hydrogen-bond donors (Lipinski definition) is 0. The number of aromatic nitrogens is 1. The van der Waals surface area contributed by atoms with Crippen LogP contribution in [0.15, 0.2) is 30.3 Å². The van der Waals surface area contributed by atoms with Crippen LogP contribution in [0, 0.1) is 0 Å². The largest absolute Gasteiger partial charge is 0.446 e. The second kappa shape index (κ2) is 10.8. The van der Waals surface area contributed by atoms with E-state index in [0.717, 1.165) is 22.8 Å². The lowest BCUT2D eigenvalue weighted by Gasteiger charge is -2.42. The van der Waals surface area contributed by atoms with E-state index in [4.69, 9.17) is 4.74 Å². The molecule has 1 aliphatic heterocycles. The second-order valence-electron chi connectivity index (χ2n) is 9.56. The number of hydrogen-bond acceptors (Lipinski definition) is 4. The Morgan fingerprint density at radius 1 is 0.975 bits per heavy atom. The Hall–Kier alpha value is -3.52. The maximum absolute atomic E-state index is 13.5. The number of halogens is 9. The molecule has 1 aromatic carbocycles. The van der Waals surface area contributed by atoms with Crippen LogP contribution in [0.1, 0.15) is 68.2 Å². The molecule has 2 amide bonds. The fraction of sp³-hybridized carbons (Fsp3) is 0.480. The van der Waals surface area contributed by atoms with Gasteiger partial charge in [0.25, 0.3) is 0 Å². The number of anilines is 1. The first-order valence-corrected chi connectivity index (χ1v) is 11.8. The van der Waals surface area contributed by atoms with Gasteiger partial charge in [-0.25, -0.2) is 9.78 Å². The van der Waals surface area contributed by atoms with Crippen molar-refractivity contribution in [1.29, 1.82) is 0 Å². The van der Waals surface area contributed by atoms with Crippen LogP contribution in [0.2, 0.25) is 0 Å². The highest BCUT2D eigenvalue weighted by atomic mass is 19.4. The average molecular weight is 585 g/mol. The fourth-order valence-electron chi connectivity index (χ4n) is 4.41. The molecule has 0 bridgehead atoms. The number of ether oxygens (including phenoxy) is 1. The van der Waals surface area contributed by atoms with Crippen molar-refractivity contribution in [1.82, 2.24) is 9.88 Å². The van der Waals surface area contributed by atoms with Crippen molar-refractivity contribution in [2.45, 2.75) is 77.4 Å². The number of fused-ring (bicyclic) bond motifs is 1. The van der Waals surface area contributed by atoms with E-state index in [1.54, 1.807) is 13.8 Å². The molecule has 6 nitrogen and oxygen atoms in total. The first kappa shape index (κ1) is 31.0. The summed E-state index contributed by atoms with van der Waals surface area (Å²) < 4.78 is 126. The van der Waals surface area contributed by atoms with Crippen LogP contribution in [0.5, 0.6) is 0 Å². The molecule has 0 fully saturated rings. The summed E-state index contributed by atoms with van der Waals surface area (Å²) in [5.74, 6) is -0.855. The molecule has 40 heavy (non-hydrogen) atoms. The monoisotopic (exact) mass is 585 g/mol. The molecule has 0 aliphatic carbocycles. The summed E-state index contributed by atoms with van der Waals surface area (Å²) >= 11 is 0. The van der Waals surface area contributed by atoms with Crippen LogP contribution in [-0.4, -0.2) is 34.0 Å². The normalized spacial score (nSPS) is 18.0. The van der Waals surface area contributed by atoms with Crippen LogP contribution in [0.25, 0.3) is 0 Å². The van der Waals surface area contributed by atoms with Crippen molar-refractivity contribution in [3.05, 3.63) is 58.4 Å². The summed E-state index contributed by atoms with van der Waals surface area (Å²) in [7, 11) is 0. The van der Waals surface area contributed by atoms with E-state index in [0.29, 0.717) is 18.2 Å². The van der Waals surface area contributed by atoms with Gasteiger partial charge in [-0.15, -0.1) is 0 Å². The van der Waals surface area contributed by atoms with Crippen molar-refractivity contribution >= 4 is 17.7 Å². The van der Waals surface area contributed by atoms with Crippen molar-refractivity contribution in [3.63, 3.8) is 0 Å². The lowest BCUT2D eigenvalue weighted by molar-refractivity contribution is -0.143. The number of carbonyl (C=O) groups is 2. The van der Waals surface area contributed by atoms with Crippen LogP contribution >= 0.6 is 0 Å². The van der Waals surface area contributed by atoms with Gasteiger partial charge in [0.15, 0.2) is 0 Å². The number of pyridine rings is 1. The topological polar surface area (TPSA) is 62.7 Å². The number of rotatable bonds is 4. The first-order valence-electron chi connectivity index (χ1n) is 11.8. The van der Waals surface area contributed by atoms with Crippen LogP contribution < -0.4 is 4.90 Å². The molecule has 0 unspecified atom stereocenters. The van der Waals surface area contributed by atoms with E-state index in [-0.39, 0.29) is 18.2 Å². The zero-order valence-corrected chi connectivity index (χ0v) is 21.5. The summed E-state index contributed by atoms with van der Waals surface area (Å²) in [5, 5.41) is 0. The molecule has 0 saturated heterocycles. The van der Waals surface area contributed by atoms with Gasteiger partial charge < -0.3 is 9.64 Å². The molecule has 0 N–H and O–H groups in total. The first-order chi connectivity index (χ1) is 18.2. The smallest absolute Gasteiger partial charge is 0.433 e. The Labute approximate surface area is 222 Å². The van der Waals surface area contributed by atoms with Gasteiger partial charge in [-0.1, -0.05) is 0 Å². The van der Waals surface area contributed by atoms with Crippen molar-refractivity contribution in [2.24, 2.45) is 0 Å². The highest BCUT2D eigenvalue weighted by Crippen LogP contribution is 2.43. The number of benzene rings is 1. The van der Waals surface area contributed by atoms with Crippen LogP contribution in [0.4, 0.5) is 50.0 Å². The molecule has 3 rings (SSSR count). The number of alkyl halides is 9. The molecule has 0 saturated carbocycles. The summed E-state index contributed by atoms with van der Waals surface area (Å²) in [5.41, 5.74) is -5.71. The Morgan fingerprint density at radius 2 is 1.52 bits per heavy atom. The van der Waals surface area contributed by atoms with Gasteiger partial charge >= 0.3 is 24.6 Å². The van der Waals surface area contributed by atoms with Crippen LogP contribution in [0.3, 0.4) is 0 Å². The van der Waals surface area contributed by atoms with E-state index >= 15 is 0 Å². The molecule has 0 spiro atoms. The minimum atomic E-state index is -5.15. The molecule has 1 aliphatic rings. The Bertz CT molecular complexity index is 1240. The SMILES string of the molecule is CC(=O)N(Cc1cc(C(F)(F)F)cc(C(F)(F)F)c1)[C@H]1C[C@@H](C)N(C(=O)OC(C)C)c2ccc(C(F)(F)F)nc21. The number of carbonyl (C=O) groups excluding carboxylic acids is 2. The average Bonchev–Trinajstić information content (AvgIpc) is 2.79. The van der Waals surface area contributed by atoms with E-state index < -0.39 is 83.3 Å². The van der Waals surface area contributed by atoms with Crippen molar-refractivity contribution in [3.8, 4) is 0 Å². The molecule has 2 aromatic rings. The quantitative estimate of drug-likeness (QED) is 0.352. The van der Waals surface area contributed by atoms with Gasteiger partial charge in [0.1, 0.15) is 5.69 Å². The summed E-state index contributed by atoms with van der Waals surface area (Å²) in [6, 6.07) is 0.223. The molecular formula is C25H24F9N3O3. The molecule has 1 aromatic heterocycles. The second-order valence-corrected chi connectivity index (χ2v) is 9.56. The maximum Gasteiger partial charge on any atom is 0.433 e. The molecule has 15 heteroatoms. The maximum atomic E-state index is 13.5. The Balaban J connectivity index is 2.17. The van der Waals surface area contributed by atoms with Gasteiger partial charge in [0, 0.05) is 19.5 Å². The minimum absolute atomic E-state index is 0.0744. The molecule has 2 atom stereocenters. The van der Waals surface area contributed by atoms with Crippen molar-refractivity contribution < 1.29 is 53.8 Å². The number of nitrogens with zero attached hydrogens (tertiary/aromatic N) is 3. The van der Waals surface area contributed by atoms with Gasteiger partial charge in [-0.3, -0.25) is 9.69 Å². The van der Waals surface area contributed by atoms with E-state index in [2.05, 4.69) is 4.98 Å². The predicted octanol–water partition coefficient (Wildman–Crippen LogP) is 7.37. The third kappa shape index (κ3) is 6.78. The molecular weight excluding hydrogens is 561 g/mol. The van der Waals surface area contributed by atoms with E-state index in [9.17, 15) is 49.1 Å². The summed E-state index contributed by atoms with van der Waals surface area (Å²) in [4.78, 5) is 31.0. The highest BCUT2D eigenvalue weighted by molar-refractivity contribution is 5.90. The zero-order valence-electron chi connectivity index (χ0n) is 21.5. The van der Waals surface area contributed by atoms with Gasteiger partial charge in [0.2, 0.25) is 5.91 Å². The van der Waals surface area contributed by atoms with Gasteiger partial charge in [-0.05, 0) is 63.1 Å². The Morgan fingerprint density at radius 3 is 1.98 bits per heavy atom. The van der Waals surface area contributed by atoms with E-state index in [1.165, 1.54) is 6.92 Å². The molecule has 0 radical (unpaired) electrons. The third-order valence-electron chi connectivity index (χ3n) is 6.09. The number of amides is 2. The standard InChI is InChI=1S/C25H24F9N3O3/c1-12(2)40-22(39)37-13(3)7-19(21-18(37)5-6-20(35-21)25(32,33)34)36(14(4)38)11-15-8-16(23(26,27)28)10-17(9-15)24(29,30)31/h5-6,8-10,12-13,19H,7,11H2,1-4H3/t13-,19+/m1/s1. The van der Waals surface area contributed by atoms with Gasteiger partial charge in [0.05, 0.1) is 34.7 Å². The Kier molecular flexibility index (Phi) is 8.38. The molecule has 220 valence electrons. The van der Waals surface area contributed by atoms with Crippen LogP contribution in [-0.2, 0) is 34.6 Å². The van der Waals surface area contributed by atoms with E-state index in [1.807, 2.05) is 0 Å². The fourth-order valence-corrected chi connectivity index (χ4v) is 4.41. The lowest BCUT2D eigenvalue weighted by Crippen LogP contribution is -2.48. The summed E-state index contributed by atoms with van der Waals surface area (Å²) in [6.45, 7) is 4.74. The zero-order chi connectivity index (χ0) is 30.4. The lowest BCUT2D eigenvalue weighted by atomic mass is 9.93. The van der Waals surface area contributed by atoms with Gasteiger partial charge in [-0.2, -0.15) is 39.5 Å². The molecule has 2 heterocycles. The minimum Gasteiger partial charge on any atom is -0.446 e. The summed E-state index contributed by atoms with van der Waals surface area (Å²) in [6.07, 6.45) is -17.0. The highest BCUT2D eigenvalue weighted by Gasteiger charge is 2.43. The van der Waals surface area contributed by atoms with Crippen molar-refractivity contribution in [2.75, 3.05) is 4.90 Å². The predicted molar refractivity (Wildman–Crippen MR) is 123 cm³/mol. The third-order valence-corrected chi connectivity index (χ3v) is 6.09.